The molecule has 0 aliphatic heterocycles. The van der Waals surface area contributed by atoms with Gasteiger partial charge in [-0.05, 0) is 26.8 Å². The smallest absolute Gasteiger partial charge is 0.141 e. The third-order valence-electron chi connectivity index (χ3n) is 3.07. The van der Waals surface area contributed by atoms with Crippen LogP contribution in [0.5, 0.6) is 0 Å². The van der Waals surface area contributed by atoms with Crippen LogP contribution in [0.3, 0.4) is 0 Å². The third-order valence-corrected chi connectivity index (χ3v) is 3.07. The molecule has 0 fully saturated rings. The number of halogens is 1. The normalized spacial score (nSPS) is 12.9. The molecule has 102 valence electrons. The maximum atomic E-state index is 13.6. The predicted octanol–water partition coefficient (Wildman–Crippen LogP) is 2.85. The Morgan fingerprint density at radius 3 is 2.68 bits per heavy atom. The maximum Gasteiger partial charge on any atom is 0.141 e. The number of hydrogen-bond donors (Lipinski definition) is 1. The van der Waals surface area contributed by atoms with E-state index in [4.69, 9.17) is 0 Å². The zero-order chi connectivity index (χ0) is 13.8. The number of benzene rings is 1. The molecule has 1 aromatic carbocycles. The van der Waals surface area contributed by atoms with Crippen LogP contribution in [0.1, 0.15) is 44.2 Å². The second-order valence-corrected chi connectivity index (χ2v) is 4.84. The van der Waals surface area contributed by atoms with Crippen LogP contribution < -0.4 is 5.32 Å². The number of nitrogens with zero attached hydrogens (tertiary/aromatic N) is 3. The Morgan fingerprint density at radius 1 is 1.26 bits per heavy atom. The van der Waals surface area contributed by atoms with Crippen molar-refractivity contribution in [1.29, 1.82) is 0 Å². The van der Waals surface area contributed by atoms with Crippen LogP contribution >= 0.6 is 0 Å². The fraction of sp³-hybridized carbons (Fsp3) is 0.429. The Bertz CT molecular complexity index is 536. The monoisotopic (exact) mass is 262 g/mol. The lowest BCUT2D eigenvalue weighted by Crippen LogP contribution is -2.22. The largest absolute Gasteiger partial charge is 0.303 e. The molecule has 0 spiro atoms. The van der Waals surface area contributed by atoms with Gasteiger partial charge >= 0.3 is 0 Å². The summed E-state index contributed by atoms with van der Waals surface area (Å²) in [5.41, 5.74) is 0.665. The van der Waals surface area contributed by atoms with Gasteiger partial charge in [-0.25, -0.2) is 14.1 Å². The average molecular weight is 262 g/mol. The summed E-state index contributed by atoms with van der Waals surface area (Å²) >= 11 is 0. The van der Waals surface area contributed by atoms with Crippen molar-refractivity contribution < 1.29 is 4.39 Å². The first kappa shape index (κ1) is 13.7. The van der Waals surface area contributed by atoms with Gasteiger partial charge in [0.1, 0.15) is 18.0 Å². The molecule has 19 heavy (non-hydrogen) atoms. The zero-order valence-electron chi connectivity index (χ0n) is 11.5. The SMILES string of the molecule is CC(C)n1ncnc1CN[C@H](C)c1ccccc1F. The van der Waals surface area contributed by atoms with Crippen LogP contribution in [-0.2, 0) is 6.54 Å². The average Bonchev–Trinajstić information content (AvgIpc) is 2.85. The molecular formula is C14H19FN4. The van der Waals surface area contributed by atoms with E-state index in [9.17, 15) is 4.39 Å². The molecule has 2 rings (SSSR count). The first-order valence-electron chi connectivity index (χ1n) is 6.45. The highest BCUT2D eigenvalue weighted by atomic mass is 19.1. The number of rotatable bonds is 5. The second-order valence-electron chi connectivity index (χ2n) is 4.84. The van der Waals surface area contributed by atoms with Crippen molar-refractivity contribution in [2.45, 2.75) is 39.4 Å². The number of hydrogen-bond acceptors (Lipinski definition) is 3. The molecule has 0 aliphatic carbocycles. The third kappa shape index (κ3) is 3.17. The van der Waals surface area contributed by atoms with E-state index >= 15 is 0 Å². The van der Waals surface area contributed by atoms with Gasteiger partial charge in [-0.15, -0.1) is 0 Å². The van der Waals surface area contributed by atoms with Crippen molar-refractivity contribution in [2.24, 2.45) is 0 Å². The Labute approximate surface area is 112 Å². The summed E-state index contributed by atoms with van der Waals surface area (Å²) < 4.78 is 15.5. The van der Waals surface area contributed by atoms with Crippen molar-refractivity contribution in [3.63, 3.8) is 0 Å². The lowest BCUT2D eigenvalue weighted by molar-refractivity contribution is 0.466. The molecular weight excluding hydrogens is 243 g/mol. The molecule has 0 unspecified atom stereocenters. The lowest BCUT2D eigenvalue weighted by Gasteiger charge is -2.16. The van der Waals surface area contributed by atoms with Gasteiger partial charge in [0.25, 0.3) is 0 Å². The van der Waals surface area contributed by atoms with Gasteiger partial charge in [0.05, 0.1) is 6.54 Å². The van der Waals surface area contributed by atoms with E-state index in [0.717, 1.165) is 5.82 Å². The number of aromatic nitrogens is 3. The molecule has 0 saturated heterocycles. The molecule has 0 radical (unpaired) electrons. The fourth-order valence-corrected chi connectivity index (χ4v) is 2.01. The van der Waals surface area contributed by atoms with Crippen molar-refractivity contribution in [2.75, 3.05) is 0 Å². The molecule has 1 N–H and O–H groups in total. The van der Waals surface area contributed by atoms with Crippen LogP contribution in [0.25, 0.3) is 0 Å². The topological polar surface area (TPSA) is 42.7 Å². The fourth-order valence-electron chi connectivity index (χ4n) is 2.01. The minimum Gasteiger partial charge on any atom is -0.303 e. The first-order chi connectivity index (χ1) is 9.09. The molecule has 2 aromatic rings. The minimum absolute atomic E-state index is 0.0708. The van der Waals surface area contributed by atoms with Crippen LogP contribution in [0.4, 0.5) is 4.39 Å². The van der Waals surface area contributed by atoms with Gasteiger partial charge in [0.15, 0.2) is 0 Å². The minimum atomic E-state index is -0.187. The van der Waals surface area contributed by atoms with Gasteiger partial charge in [-0.1, -0.05) is 18.2 Å². The van der Waals surface area contributed by atoms with E-state index in [1.807, 2.05) is 17.7 Å². The molecule has 1 atom stereocenters. The van der Waals surface area contributed by atoms with Crippen molar-refractivity contribution in [1.82, 2.24) is 20.1 Å². The van der Waals surface area contributed by atoms with Crippen LogP contribution in [-0.4, -0.2) is 14.8 Å². The quantitative estimate of drug-likeness (QED) is 0.901. The summed E-state index contributed by atoms with van der Waals surface area (Å²) in [5, 5.41) is 7.45. The molecule has 0 amide bonds. The molecule has 0 saturated carbocycles. The van der Waals surface area contributed by atoms with Crippen LogP contribution in [0, 0.1) is 5.82 Å². The van der Waals surface area contributed by atoms with Gasteiger partial charge in [0.2, 0.25) is 0 Å². The van der Waals surface area contributed by atoms with Gasteiger partial charge in [-0.2, -0.15) is 5.10 Å². The molecule has 1 heterocycles. The van der Waals surface area contributed by atoms with Crippen LogP contribution in [0.15, 0.2) is 30.6 Å². The van der Waals surface area contributed by atoms with E-state index in [1.165, 1.54) is 6.07 Å². The maximum absolute atomic E-state index is 13.6. The Hall–Kier alpha value is -1.75. The van der Waals surface area contributed by atoms with Gasteiger partial charge in [0, 0.05) is 17.6 Å². The summed E-state index contributed by atoms with van der Waals surface area (Å²) in [7, 11) is 0. The van der Waals surface area contributed by atoms with E-state index < -0.39 is 0 Å². The van der Waals surface area contributed by atoms with Crippen LogP contribution in [0.2, 0.25) is 0 Å². The first-order valence-corrected chi connectivity index (χ1v) is 6.45. The Balaban J connectivity index is 2.03. The highest BCUT2D eigenvalue weighted by Gasteiger charge is 2.12. The summed E-state index contributed by atoms with van der Waals surface area (Å²) in [6, 6.07) is 7.00. The van der Waals surface area contributed by atoms with Gasteiger partial charge < -0.3 is 5.32 Å². The van der Waals surface area contributed by atoms with Crippen molar-refractivity contribution >= 4 is 0 Å². The highest BCUT2D eigenvalue weighted by molar-refractivity contribution is 5.20. The molecule has 4 nitrogen and oxygen atoms in total. The zero-order valence-corrected chi connectivity index (χ0v) is 11.5. The summed E-state index contributed by atoms with van der Waals surface area (Å²) in [6.45, 7) is 6.61. The van der Waals surface area contributed by atoms with E-state index in [-0.39, 0.29) is 17.9 Å². The standard InChI is InChI=1S/C14H19FN4/c1-10(2)19-14(17-9-18-19)8-16-11(3)12-6-4-5-7-13(12)15/h4-7,9-11,16H,8H2,1-3H3/t11-/m1/s1. The van der Waals surface area contributed by atoms with E-state index in [1.54, 1.807) is 18.5 Å². The lowest BCUT2D eigenvalue weighted by atomic mass is 10.1. The van der Waals surface area contributed by atoms with Gasteiger partial charge in [-0.3, -0.25) is 0 Å². The predicted molar refractivity (Wildman–Crippen MR) is 72.1 cm³/mol. The Morgan fingerprint density at radius 2 is 2.00 bits per heavy atom. The molecule has 1 aromatic heterocycles. The molecule has 0 bridgehead atoms. The summed E-state index contributed by atoms with van der Waals surface area (Å²) in [6.07, 6.45) is 1.55. The molecule has 0 aliphatic rings. The van der Waals surface area contributed by atoms with Crippen molar-refractivity contribution in [3.8, 4) is 0 Å². The van der Waals surface area contributed by atoms with Crippen molar-refractivity contribution in [3.05, 3.63) is 47.8 Å². The second kappa shape index (κ2) is 5.93. The van der Waals surface area contributed by atoms with E-state index in [2.05, 4.69) is 29.2 Å². The Kier molecular flexibility index (Phi) is 4.27. The number of nitrogens with one attached hydrogen (secondary N) is 1. The molecule has 5 heteroatoms. The van der Waals surface area contributed by atoms with E-state index in [0.29, 0.717) is 12.1 Å². The highest BCUT2D eigenvalue weighted by Crippen LogP contribution is 2.16. The summed E-state index contributed by atoms with van der Waals surface area (Å²) in [5.74, 6) is 0.672. The summed E-state index contributed by atoms with van der Waals surface area (Å²) in [4.78, 5) is 4.22.